The molecule has 3 aliphatic carbocycles. The Labute approximate surface area is 278 Å². The first-order valence-electron chi connectivity index (χ1n) is 16.5. The zero-order valence-corrected chi connectivity index (χ0v) is 27.2. The zero-order chi connectivity index (χ0) is 34.5. The molecule has 1 heterocycles. The summed E-state index contributed by atoms with van der Waals surface area (Å²) in [5.74, 6) is -2.56. The van der Waals surface area contributed by atoms with Gasteiger partial charge in [0.15, 0.2) is 11.6 Å². The van der Waals surface area contributed by atoms with Crippen LogP contribution in [0.4, 0.5) is 4.79 Å². The third-order valence-electron chi connectivity index (χ3n) is 9.61. The highest BCUT2D eigenvalue weighted by molar-refractivity contribution is 6.31. The molecule has 5 atom stereocenters. The molecule has 1 amide bonds. The Hall–Kier alpha value is -4.26. The molecule has 0 aromatic heterocycles. The van der Waals surface area contributed by atoms with E-state index in [1.54, 1.807) is 19.1 Å². The number of phenols is 2. The van der Waals surface area contributed by atoms with Crippen LogP contribution in [-0.4, -0.2) is 88.5 Å². The number of ether oxygens (including phenoxy) is 3. The van der Waals surface area contributed by atoms with Crippen LogP contribution in [0.3, 0.4) is 0 Å². The van der Waals surface area contributed by atoms with Crippen molar-refractivity contribution in [3.8, 4) is 17.2 Å². The summed E-state index contributed by atoms with van der Waals surface area (Å²) in [6, 6.07) is 4.30. The van der Waals surface area contributed by atoms with Gasteiger partial charge in [0.25, 0.3) is 0 Å². The van der Waals surface area contributed by atoms with Crippen molar-refractivity contribution in [2.75, 3.05) is 20.3 Å². The number of aliphatic hydroxyl groups excluding tert-OH is 2. The van der Waals surface area contributed by atoms with Crippen LogP contribution in [0.1, 0.15) is 94.8 Å². The summed E-state index contributed by atoms with van der Waals surface area (Å²) in [5.41, 5.74) is 0.301. The van der Waals surface area contributed by atoms with E-state index in [-0.39, 0.29) is 81.9 Å². The molecule has 0 spiro atoms. The highest BCUT2D eigenvalue weighted by Crippen LogP contribution is 2.47. The summed E-state index contributed by atoms with van der Waals surface area (Å²) < 4.78 is 16.0. The standard InChI is InChI=1S/C21H18O7.C15H25NO4/c1-28-14-4-2-3-11-15(14)21(27)17-16(19(11)25)20(26)12-7-9(13(23)8-22)5-6-10(12)18(17)24;1-11-14(17)13(9-10-19-11)16-15(18)20-12-7-5-3-2-4-6-8-12/h2-4,9,22,24,26H,5-8H2,1H3;5,7,11-14,17H,2-4,6,8-10H2,1H3,(H,16,18)/b;7-5+. The maximum absolute atomic E-state index is 13.1. The van der Waals surface area contributed by atoms with Crippen LogP contribution in [0.15, 0.2) is 30.4 Å². The molecule has 12 nitrogen and oxygen atoms in total. The predicted molar refractivity (Wildman–Crippen MR) is 173 cm³/mol. The Balaban J connectivity index is 0.000000199. The van der Waals surface area contributed by atoms with Crippen molar-refractivity contribution in [3.63, 3.8) is 0 Å². The molecule has 4 aliphatic rings. The lowest BCUT2D eigenvalue weighted by Gasteiger charge is -2.33. The summed E-state index contributed by atoms with van der Waals surface area (Å²) >= 11 is 0. The number of fused-ring (bicyclic) bond motifs is 3. The van der Waals surface area contributed by atoms with Gasteiger partial charge in [0.2, 0.25) is 5.78 Å². The molecule has 12 heteroatoms. The molecule has 1 aliphatic heterocycles. The number of Topliss-reactive ketones (excluding diaryl/α,β-unsaturated/α-hetero) is 1. The lowest BCUT2D eigenvalue weighted by atomic mass is 9.75. The van der Waals surface area contributed by atoms with Gasteiger partial charge in [0.05, 0.1) is 35.9 Å². The second-order valence-corrected chi connectivity index (χ2v) is 12.6. The van der Waals surface area contributed by atoms with Gasteiger partial charge in [0.1, 0.15) is 36.1 Å². The summed E-state index contributed by atoms with van der Waals surface area (Å²) in [6.45, 7) is 1.75. The van der Waals surface area contributed by atoms with Crippen molar-refractivity contribution in [2.24, 2.45) is 5.92 Å². The average molecular weight is 666 g/mol. The van der Waals surface area contributed by atoms with E-state index in [9.17, 15) is 34.5 Å². The van der Waals surface area contributed by atoms with Gasteiger partial charge in [0, 0.05) is 29.2 Å². The number of benzene rings is 2. The molecule has 2 aromatic rings. The van der Waals surface area contributed by atoms with E-state index in [1.807, 2.05) is 6.08 Å². The minimum absolute atomic E-state index is 0.0568. The molecule has 5 unspecified atom stereocenters. The molecule has 1 fully saturated rings. The number of aromatic hydroxyl groups is 2. The fourth-order valence-electron chi connectivity index (χ4n) is 6.90. The highest BCUT2D eigenvalue weighted by atomic mass is 16.6. The SMILES string of the molecule is CC1OCCC(NC(=O)OC2/C=C/CCCCC2)C1O.COc1cccc2c1C(=O)c1c(O)c3c(c(O)c1C2=O)CC(C(=O)CO)CC3. The topological polar surface area (TPSA) is 189 Å². The normalized spacial score (nSPS) is 25.5. The number of alkyl carbamates (subject to hydrolysis) is 1. The highest BCUT2D eigenvalue weighted by Gasteiger charge is 2.41. The first-order valence-corrected chi connectivity index (χ1v) is 16.5. The molecule has 0 bridgehead atoms. The van der Waals surface area contributed by atoms with Gasteiger partial charge in [-0.1, -0.05) is 24.6 Å². The van der Waals surface area contributed by atoms with Crippen LogP contribution in [0, 0.1) is 5.92 Å². The van der Waals surface area contributed by atoms with Gasteiger partial charge in [-0.15, -0.1) is 0 Å². The number of carbonyl (C=O) groups excluding carboxylic acids is 4. The molecule has 1 saturated heterocycles. The summed E-state index contributed by atoms with van der Waals surface area (Å²) in [6.07, 6.45) is 9.26. The lowest BCUT2D eigenvalue weighted by Crippen LogP contribution is -2.52. The molecule has 48 heavy (non-hydrogen) atoms. The molecular weight excluding hydrogens is 622 g/mol. The number of hydrogen-bond donors (Lipinski definition) is 5. The van der Waals surface area contributed by atoms with E-state index in [1.165, 1.54) is 26.0 Å². The fourth-order valence-corrected chi connectivity index (χ4v) is 6.90. The number of allylic oxidation sites excluding steroid dienone is 1. The van der Waals surface area contributed by atoms with Gasteiger partial charge in [-0.25, -0.2) is 4.79 Å². The Morgan fingerprint density at radius 3 is 2.48 bits per heavy atom. The van der Waals surface area contributed by atoms with E-state index in [0.29, 0.717) is 25.0 Å². The largest absolute Gasteiger partial charge is 0.507 e. The van der Waals surface area contributed by atoms with Crippen LogP contribution in [0.2, 0.25) is 0 Å². The monoisotopic (exact) mass is 665 g/mol. The smallest absolute Gasteiger partial charge is 0.408 e. The zero-order valence-electron chi connectivity index (χ0n) is 27.2. The van der Waals surface area contributed by atoms with Crippen LogP contribution in [0.5, 0.6) is 17.2 Å². The number of phenolic OH excluding ortho intramolecular Hbond substituents is 2. The molecule has 6 rings (SSSR count). The van der Waals surface area contributed by atoms with Gasteiger partial charge in [-0.05, 0) is 70.4 Å². The first kappa shape index (κ1) is 35.1. The number of amides is 1. The van der Waals surface area contributed by atoms with Gasteiger partial charge < -0.3 is 40.0 Å². The van der Waals surface area contributed by atoms with Gasteiger partial charge >= 0.3 is 6.09 Å². The fraction of sp³-hybridized carbons (Fsp3) is 0.500. The lowest BCUT2D eigenvalue weighted by molar-refractivity contribution is -0.126. The predicted octanol–water partition coefficient (Wildman–Crippen LogP) is 3.69. The Kier molecular flexibility index (Phi) is 11.2. The van der Waals surface area contributed by atoms with Crippen LogP contribution >= 0.6 is 0 Å². The Morgan fingerprint density at radius 1 is 0.979 bits per heavy atom. The van der Waals surface area contributed by atoms with E-state index in [4.69, 9.17) is 19.3 Å². The quantitative estimate of drug-likeness (QED) is 0.198. The van der Waals surface area contributed by atoms with E-state index in [0.717, 1.165) is 19.3 Å². The summed E-state index contributed by atoms with van der Waals surface area (Å²) in [5, 5.41) is 43.5. The minimum atomic E-state index is -0.677. The Bertz CT molecular complexity index is 1600. The van der Waals surface area contributed by atoms with Crippen molar-refractivity contribution in [1.29, 1.82) is 0 Å². The third-order valence-corrected chi connectivity index (χ3v) is 9.61. The maximum atomic E-state index is 13.1. The van der Waals surface area contributed by atoms with Crippen molar-refractivity contribution >= 4 is 23.4 Å². The molecular formula is C36H43NO11. The summed E-state index contributed by atoms with van der Waals surface area (Å²) in [4.78, 5) is 50.0. The molecule has 0 saturated carbocycles. The number of carbonyl (C=O) groups is 4. The summed E-state index contributed by atoms with van der Waals surface area (Å²) in [7, 11) is 1.38. The second-order valence-electron chi connectivity index (χ2n) is 12.6. The third kappa shape index (κ3) is 7.11. The van der Waals surface area contributed by atoms with E-state index >= 15 is 0 Å². The molecule has 258 valence electrons. The van der Waals surface area contributed by atoms with Crippen molar-refractivity contribution in [3.05, 3.63) is 63.7 Å². The van der Waals surface area contributed by atoms with E-state index in [2.05, 4.69) is 11.4 Å². The molecule has 2 aromatic carbocycles. The maximum Gasteiger partial charge on any atom is 0.408 e. The van der Waals surface area contributed by atoms with Crippen LogP contribution in [0.25, 0.3) is 0 Å². The average Bonchev–Trinajstić information content (AvgIpc) is 3.07. The number of rotatable bonds is 5. The molecule has 5 N–H and O–H groups in total. The number of aliphatic hydroxyl groups is 2. The van der Waals surface area contributed by atoms with Gasteiger partial charge in [-0.2, -0.15) is 0 Å². The van der Waals surface area contributed by atoms with Gasteiger partial charge in [-0.3, -0.25) is 14.4 Å². The van der Waals surface area contributed by atoms with Crippen molar-refractivity contribution in [1.82, 2.24) is 5.32 Å². The second kappa shape index (κ2) is 15.3. The van der Waals surface area contributed by atoms with E-state index < -0.39 is 36.3 Å². The van der Waals surface area contributed by atoms with Crippen LogP contribution < -0.4 is 10.1 Å². The first-order chi connectivity index (χ1) is 23.1. The number of nitrogens with one attached hydrogen (secondary N) is 1. The number of ketones is 3. The minimum Gasteiger partial charge on any atom is -0.507 e. The van der Waals surface area contributed by atoms with Crippen molar-refractivity contribution in [2.45, 2.75) is 89.1 Å². The van der Waals surface area contributed by atoms with Crippen molar-refractivity contribution < 1.29 is 53.8 Å². The Morgan fingerprint density at radius 2 is 1.73 bits per heavy atom. The molecule has 0 radical (unpaired) electrons. The number of hydrogen-bond acceptors (Lipinski definition) is 11. The number of methoxy groups -OCH3 is 1. The van der Waals surface area contributed by atoms with Crippen LogP contribution in [-0.2, 0) is 27.1 Å².